The minimum atomic E-state index is -4.42. The lowest BCUT2D eigenvalue weighted by Gasteiger charge is -2.21. The number of alkyl halides is 3. The monoisotopic (exact) mass is 500 g/mol. The van der Waals surface area contributed by atoms with Gasteiger partial charge >= 0.3 is 12.1 Å². The van der Waals surface area contributed by atoms with Crippen molar-refractivity contribution in [2.75, 3.05) is 18.6 Å². The Hall–Kier alpha value is -3.82. The molecule has 0 bridgehead atoms. The molecule has 10 heteroatoms. The molecule has 1 N–H and O–H groups in total. The van der Waals surface area contributed by atoms with Crippen molar-refractivity contribution >= 4 is 17.7 Å². The summed E-state index contributed by atoms with van der Waals surface area (Å²) in [6.07, 6.45) is -3.89. The summed E-state index contributed by atoms with van der Waals surface area (Å²) in [5, 5.41) is 7.58. The van der Waals surface area contributed by atoms with Crippen LogP contribution in [0.2, 0.25) is 0 Å². The molecule has 3 aromatic rings. The van der Waals surface area contributed by atoms with E-state index in [1.54, 1.807) is 35.0 Å². The number of benzene rings is 2. The highest BCUT2D eigenvalue weighted by Gasteiger charge is 2.33. The zero-order chi connectivity index (χ0) is 26.0. The van der Waals surface area contributed by atoms with Gasteiger partial charge < -0.3 is 15.0 Å². The van der Waals surface area contributed by atoms with Crippen molar-refractivity contribution in [3.05, 3.63) is 82.0 Å². The number of amides is 1. The molecule has 0 saturated heterocycles. The lowest BCUT2D eigenvalue weighted by atomic mass is 10.0. The zero-order valence-electron chi connectivity index (χ0n) is 20.2. The van der Waals surface area contributed by atoms with Crippen molar-refractivity contribution < 1.29 is 27.5 Å². The Kier molecular flexibility index (Phi) is 7.05. The Morgan fingerprint density at radius 1 is 1.14 bits per heavy atom. The minimum absolute atomic E-state index is 0.226. The molecule has 190 valence electrons. The first-order chi connectivity index (χ1) is 17.1. The number of nitrogens with one attached hydrogen (secondary N) is 1. The van der Waals surface area contributed by atoms with Crippen molar-refractivity contribution in [3.63, 3.8) is 0 Å². The van der Waals surface area contributed by atoms with Gasteiger partial charge in [-0.05, 0) is 48.7 Å². The van der Waals surface area contributed by atoms with E-state index in [1.807, 2.05) is 18.7 Å². The van der Waals surface area contributed by atoms with Gasteiger partial charge in [0.25, 0.3) is 5.91 Å². The molecule has 2 aromatic carbocycles. The average molecular weight is 501 g/mol. The Morgan fingerprint density at radius 2 is 1.86 bits per heavy atom. The van der Waals surface area contributed by atoms with Gasteiger partial charge in [0.15, 0.2) is 0 Å². The number of ether oxygens (including phenoxy) is 1. The predicted octanol–water partition coefficient (Wildman–Crippen LogP) is 4.76. The summed E-state index contributed by atoms with van der Waals surface area (Å²) in [4.78, 5) is 27.0. The number of aryl methyl sites for hydroxylation is 1. The minimum Gasteiger partial charge on any atom is -0.465 e. The highest BCUT2D eigenvalue weighted by atomic mass is 19.4. The van der Waals surface area contributed by atoms with Crippen LogP contribution in [0.15, 0.2) is 48.5 Å². The molecule has 2 heterocycles. The van der Waals surface area contributed by atoms with E-state index in [1.165, 1.54) is 13.2 Å². The lowest BCUT2D eigenvalue weighted by molar-refractivity contribution is -0.137. The molecule has 36 heavy (non-hydrogen) atoms. The second kappa shape index (κ2) is 10.0. The van der Waals surface area contributed by atoms with E-state index in [4.69, 9.17) is 4.74 Å². The van der Waals surface area contributed by atoms with Crippen LogP contribution in [-0.4, -0.2) is 35.3 Å². The third kappa shape index (κ3) is 5.07. The molecule has 1 atom stereocenters. The number of fused-ring (bicyclic) bond motifs is 1. The maximum Gasteiger partial charge on any atom is 0.416 e. The van der Waals surface area contributed by atoms with Gasteiger partial charge in [-0.25, -0.2) is 9.48 Å². The standard InChI is InChI=1S/C26H27F3N4O3/c1-4-21-22(23(34)30-16(2)18-8-10-19(11-9-18)25(35)36-3)24-32(12-13-33(24)31-21)15-17-6-5-7-20(14-17)26(27,28)29/h5-11,14,16H,4,12-13,15H2,1-3H3,(H,30,34). The molecule has 0 fully saturated rings. The number of methoxy groups -OCH3 is 1. The van der Waals surface area contributed by atoms with Crippen molar-refractivity contribution in [2.24, 2.45) is 0 Å². The molecule has 1 aromatic heterocycles. The molecule has 0 aliphatic carbocycles. The number of anilines is 1. The molecule has 0 radical (unpaired) electrons. The van der Waals surface area contributed by atoms with E-state index in [0.717, 1.165) is 17.7 Å². The van der Waals surface area contributed by atoms with E-state index < -0.39 is 17.7 Å². The van der Waals surface area contributed by atoms with Crippen LogP contribution >= 0.6 is 0 Å². The second-order valence-corrected chi connectivity index (χ2v) is 8.65. The van der Waals surface area contributed by atoms with Gasteiger partial charge in [0.2, 0.25) is 0 Å². The summed E-state index contributed by atoms with van der Waals surface area (Å²) >= 11 is 0. The first-order valence-corrected chi connectivity index (χ1v) is 11.6. The molecule has 1 amide bonds. The normalized spacial score (nSPS) is 13.9. The molecule has 0 saturated carbocycles. The predicted molar refractivity (Wildman–Crippen MR) is 128 cm³/mol. The third-order valence-electron chi connectivity index (χ3n) is 6.25. The van der Waals surface area contributed by atoms with Gasteiger partial charge in [0, 0.05) is 13.1 Å². The Labute approximate surface area is 206 Å². The molecule has 0 spiro atoms. The number of hydrogen-bond donors (Lipinski definition) is 1. The van der Waals surface area contributed by atoms with Crippen molar-refractivity contribution in [2.45, 2.75) is 45.6 Å². The quantitative estimate of drug-likeness (QED) is 0.474. The first-order valence-electron chi connectivity index (χ1n) is 11.6. The van der Waals surface area contributed by atoms with Gasteiger partial charge in [-0.3, -0.25) is 4.79 Å². The van der Waals surface area contributed by atoms with Crippen LogP contribution in [0, 0.1) is 0 Å². The summed E-state index contributed by atoms with van der Waals surface area (Å²) in [6, 6.07) is 11.6. The maximum absolute atomic E-state index is 13.4. The molecule has 1 unspecified atom stereocenters. The second-order valence-electron chi connectivity index (χ2n) is 8.65. The number of hydrogen-bond acceptors (Lipinski definition) is 5. The highest BCUT2D eigenvalue weighted by molar-refractivity contribution is 6.00. The molecular formula is C26H27F3N4O3. The molecule has 4 rings (SSSR count). The number of esters is 1. The summed E-state index contributed by atoms with van der Waals surface area (Å²) < 4.78 is 46.0. The first kappa shape index (κ1) is 25.3. The van der Waals surface area contributed by atoms with Crippen LogP contribution in [0.5, 0.6) is 0 Å². The van der Waals surface area contributed by atoms with E-state index in [2.05, 4.69) is 10.4 Å². The van der Waals surface area contributed by atoms with Gasteiger partial charge in [-0.15, -0.1) is 0 Å². The van der Waals surface area contributed by atoms with E-state index in [9.17, 15) is 22.8 Å². The maximum atomic E-state index is 13.4. The van der Waals surface area contributed by atoms with E-state index in [0.29, 0.717) is 47.7 Å². The summed E-state index contributed by atoms with van der Waals surface area (Å²) in [7, 11) is 1.31. The van der Waals surface area contributed by atoms with Crippen molar-refractivity contribution in [3.8, 4) is 0 Å². The molecule has 1 aliphatic rings. The fourth-order valence-electron chi connectivity index (χ4n) is 4.38. The Balaban J connectivity index is 1.56. The van der Waals surface area contributed by atoms with E-state index >= 15 is 0 Å². The SMILES string of the molecule is CCc1nn2c(c1C(=O)NC(C)c1ccc(C(=O)OC)cc1)N(Cc1cccc(C(F)(F)F)c1)CC2. The fraction of sp³-hybridized carbons (Fsp3) is 0.346. The van der Waals surface area contributed by atoms with E-state index in [-0.39, 0.29) is 18.5 Å². The van der Waals surface area contributed by atoms with Crippen LogP contribution < -0.4 is 10.2 Å². The Morgan fingerprint density at radius 3 is 2.50 bits per heavy atom. The number of nitrogens with zero attached hydrogens (tertiary/aromatic N) is 3. The van der Waals surface area contributed by atoms with Crippen LogP contribution in [0.25, 0.3) is 0 Å². The highest BCUT2D eigenvalue weighted by Crippen LogP contribution is 2.33. The largest absolute Gasteiger partial charge is 0.465 e. The molecular weight excluding hydrogens is 473 g/mol. The number of halogens is 3. The van der Waals surface area contributed by atoms with Crippen LogP contribution in [0.3, 0.4) is 0 Å². The lowest BCUT2D eigenvalue weighted by Crippen LogP contribution is -2.30. The van der Waals surface area contributed by atoms with Crippen molar-refractivity contribution in [1.82, 2.24) is 15.1 Å². The van der Waals surface area contributed by atoms with Crippen molar-refractivity contribution in [1.29, 1.82) is 0 Å². The number of carbonyl (C=O) groups excluding carboxylic acids is 2. The number of carbonyl (C=O) groups is 2. The number of rotatable bonds is 7. The summed E-state index contributed by atoms with van der Waals surface area (Å²) in [6.45, 7) is 5.04. The number of aromatic nitrogens is 2. The summed E-state index contributed by atoms with van der Waals surface area (Å²) in [5.74, 6) is -0.147. The zero-order valence-corrected chi connectivity index (χ0v) is 20.2. The molecule has 7 nitrogen and oxygen atoms in total. The summed E-state index contributed by atoms with van der Waals surface area (Å²) in [5.41, 5.74) is 2.07. The Bertz CT molecular complexity index is 1270. The van der Waals surface area contributed by atoms with Crippen LogP contribution in [0.4, 0.5) is 19.0 Å². The van der Waals surface area contributed by atoms with Crippen LogP contribution in [-0.2, 0) is 30.4 Å². The van der Waals surface area contributed by atoms with Gasteiger partial charge in [0.1, 0.15) is 11.4 Å². The fourth-order valence-corrected chi connectivity index (χ4v) is 4.38. The average Bonchev–Trinajstić information content (AvgIpc) is 3.42. The third-order valence-corrected chi connectivity index (χ3v) is 6.25. The van der Waals surface area contributed by atoms with Gasteiger partial charge in [0.05, 0.1) is 36.5 Å². The van der Waals surface area contributed by atoms with Gasteiger partial charge in [-0.1, -0.05) is 31.2 Å². The van der Waals surface area contributed by atoms with Crippen LogP contribution in [0.1, 0.15) is 63.0 Å². The van der Waals surface area contributed by atoms with Gasteiger partial charge in [-0.2, -0.15) is 18.3 Å². The topological polar surface area (TPSA) is 76.5 Å². The molecule has 1 aliphatic heterocycles. The smallest absolute Gasteiger partial charge is 0.416 e.